The molecule has 2 atom stereocenters. The molecule has 4 nitrogen and oxygen atoms in total. The maximum atomic E-state index is 11.3. The number of rotatable bonds is 5. The summed E-state index contributed by atoms with van der Waals surface area (Å²) in [4.78, 5) is 12.0. The number of nitrogens with one attached hydrogen (secondary N) is 1. The van der Waals surface area contributed by atoms with Crippen LogP contribution in [-0.4, -0.2) is 23.6 Å². The highest BCUT2D eigenvalue weighted by Crippen LogP contribution is 2.26. The fourth-order valence-corrected chi connectivity index (χ4v) is 2.23. The van der Waals surface area contributed by atoms with Crippen LogP contribution in [0.2, 0.25) is 4.34 Å². The van der Waals surface area contributed by atoms with E-state index < -0.39 is 6.10 Å². The first-order valence-corrected chi connectivity index (χ1v) is 6.14. The monoisotopic (exact) mass is 298 g/mol. The maximum absolute atomic E-state index is 11.3. The topological polar surface area (TPSA) is 75.4 Å². The zero-order valence-corrected chi connectivity index (χ0v) is 11.7. The average Bonchev–Trinajstić information content (AvgIpc) is 2.60. The molecule has 0 aliphatic carbocycles. The summed E-state index contributed by atoms with van der Waals surface area (Å²) in [6.45, 7) is 1.94. The van der Waals surface area contributed by atoms with Gasteiger partial charge in [0.25, 0.3) is 0 Å². The lowest BCUT2D eigenvalue weighted by atomic mass is 10.2. The van der Waals surface area contributed by atoms with Crippen molar-refractivity contribution >= 4 is 41.3 Å². The van der Waals surface area contributed by atoms with Gasteiger partial charge in [-0.15, -0.1) is 23.7 Å². The molecule has 98 valence electrons. The number of carbonyl (C=O) groups is 1. The standard InChI is InChI=1S/C10H15ClN2O2S.ClH/c1-6(12)4-10(15)13-5-7(14)8-2-3-9(11)16-8;/h2-3,6-7,14H,4-5,12H2,1H3,(H,13,15);1H. The predicted octanol–water partition coefficient (Wildman–Crippen LogP) is 1.71. The highest BCUT2D eigenvalue weighted by Gasteiger charge is 2.12. The van der Waals surface area contributed by atoms with Crippen molar-refractivity contribution in [2.24, 2.45) is 5.73 Å². The Hall–Kier alpha value is -0.330. The van der Waals surface area contributed by atoms with Crippen molar-refractivity contribution in [3.63, 3.8) is 0 Å². The molecule has 7 heteroatoms. The molecule has 1 rings (SSSR count). The Labute approximate surface area is 116 Å². The third-order valence-corrected chi connectivity index (χ3v) is 3.25. The normalized spacial score (nSPS) is 13.6. The van der Waals surface area contributed by atoms with E-state index in [1.54, 1.807) is 19.1 Å². The Kier molecular flexibility index (Phi) is 7.74. The van der Waals surface area contributed by atoms with E-state index in [0.29, 0.717) is 4.34 Å². The van der Waals surface area contributed by atoms with E-state index in [4.69, 9.17) is 17.3 Å². The van der Waals surface area contributed by atoms with E-state index in [2.05, 4.69) is 5.32 Å². The smallest absolute Gasteiger partial charge is 0.221 e. The van der Waals surface area contributed by atoms with Crippen LogP contribution in [0.1, 0.15) is 24.3 Å². The summed E-state index contributed by atoms with van der Waals surface area (Å²) in [6.07, 6.45) is -0.452. The number of aliphatic hydroxyl groups is 1. The minimum absolute atomic E-state index is 0. The number of carbonyl (C=O) groups excluding carboxylic acids is 1. The Balaban J connectivity index is 0.00000256. The average molecular weight is 299 g/mol. The largest absolute Gasteiger partial charge is 0.386 e. The number of halogens is 2. The van der Waals surface area contributed by atoms with Gasteiger partial charge >= 0.3 is 0 Å². The highest BCUT2D eigenvalue weighted by atomic mass is 35.5. The molecular formula is C10H16Cl2N2O2S. The number of thiophene rings is 1. The fourth-order valence-electron chi connectivity index (χ4n) is 1.18. The van der Waals surface area contributed by atoms with Gasteiger partial charge in [-0.05, 0) is 19.1 Å². The molecule has 17 heavy (non-hydrogen) atoms. The molecule has 0 aliphatic heterocycles. The molecule has 0 saturated heterocycles. The summed E-state index contributed by atoms with van der Waals surface area (Å²) in [5, 5.41) is 12.3. The minimum Gasteiger partial charge on any atom is -0.386 e. The summed E-state index contributed by atoms with van der Waals surface area (Å²) >= 11 is 7.04. The molecule has 0 fully saturated rings. The van der Waals surface area contributed by atoms with Crippen molar-refractivity contribution in [1.29, 1.82) is 0 Å². The zero-order chi connectivity index (χ0) is 12.1. The van der Waals surface area contributed by atoms with Gasteiger partial charge in [0.05, 0.1) is 4.34 Å². The Morgan fingerprint density at radius 3 is 2.76 bits per heavy atom. The number of amides is 1. The van der Waals surface area contributed by atoms with Gasteiger partial charge < -0.3 is 16.2 Å². The van der Waals surface area contributed by atoms with Crippen LogP contribution in [0.25, 0.3) is 0 Å². The lowest BCUT2D eigenvalue weighted by Crippen LogP contribution is -2.32. The van der Waals surface area contributed by atoms with Gasteiger partial charge in [-0.2, -0.15) is 0 Å². The van der Waals surface area contributed by atoms with Gasteiger partial charge in [0.1, 0.15) is 6.10 Å². The van der Waals surface area contributed by atoms with E-state index in [-0.39, 0.29) is 37.3 Å². The molecule has 0 radical (unpaired) electrons. The summed E-state index contributed by atoms with van der Waals surface area (Å²) in [6, 6.07) is 3.29. The van der Waals surface area contributed by atoms with E-state index in [1.165, 1.54) is 11.3 Å². The predicted molar refractivity (Wildman–Crippen MR) is 72.8 cm³/mol. The summed E-state index contributed by atoms with van der Waals surface area (Å²) < 4.78 is 0.621. The second kappa shape index (κ2) is 7.89. The molecule has 1 aromatic heterocycles. The van der Waals surface area contributed by atoms with Crippen molar-refractivity contribution in [1.82, 2.24) is 5.32 Å². The van der Waals surface area contributed by atoms with Gasteiger partial charge in [-0.25, -0.2) is 0 Å². The SMILES string of the molecule is CC(N)CC(=O)NCC(O)c1ccc(Cl)s1.Cl. The molecule has 1 heterocycles. The summed E-state index contributed by atoms with van der Waals surface area (Å²) in [5.41, 5.74) is 5.48. The minimum atomic E-state index is -0.713. The molecule has 2 unspecified atom stereocenters. The van der Waals surface area contributed by atoms with Crippen molar-refractivity contribution in [3.8, 4) is 0 Å². The fraction of sp³-hybridized carbons (Fsp3) is 0.500. The van der Waals surface area contributed by atoms with Gasteiger partial charge in [-0.1, -0.05) is 11.6 Å². The molecule has 1 aromatic rings. The molecule has 1 amide bonds. The van der Waals surface area contributed by atoms with E-state index in [1.807, 2.05) is 0 Å². The Morgan fingerprint density at radius 1 is 1.65 bits per heavy atom. The number of nitrogens with two attached hydrogens (primary N) is 1. The number of hydrogen-bond donors (Lipinski definition) is 3. The molecule has 0 bridgehead atoms. The van der Waals surface area contributed by atoms with Crippen LogP contribution in [0.15, 0.2) is 12.1 Å². The molecule has 0 aliphatic rings. The van der Waals surface area contributed by atoms with E-state index in [9.17, 15) is 9.90 Å². The molecular weight excluding hydrogens is 283 g/mol. The van der Waals surface area contributed by atoms with Crippen LogP contribution < -0.4 is 11.1 Å². The Morgan fingerprint density at radius 2 is 2.29 bits per heavy atom. The van der Waals surface area contributed by atoms with Crippen LogP contribution >= 0.6 is 35.3 Å². The van der Waals surface area contributed by atoms with Crippen LogP contribution in [-0.2, 0) is 4.79 Å². The quantitative estimate of drug-likeness (QED) is 0.775. The Bertz CT molecular complexity index is 358. The van der Waals surface area contributed by atoms with Crippen molar-refractivity contribution in [2.45, 2.75) is 25.5 Å². The molecule has 0 saturated carbocycles. The zero-order valence-electron chi connectivity index (χ0n) is 9.35. The van der Waals surface area contributed by atoms with E-state index >= 15 is 0 Å². The van der Waals surface area contributed by atoms with Crippen LogP contribution in [0, 0.1) is 0 Å². The molecule has 4 N–H and O–H groups in total. The summed E-state index contributed by atoms with van der Waals surface area (Å²) in [7, 11) is 0. The van der Waals surface area contributed by atoms with Gasteiger partial charge in [0, 0.05) is 23.9 Å². The van der Waals surface area contributed by atoms with Crippen molar-refractivity contribution in [2.75, 3.05) is 6.54 Å². The van der Waals surface area contributed by atoms with Gasteiger partial charge in [-0.3, -0.25) is 4.79 Å². The van der Waals surface area contributed by atoms with Gasteiger partial charge in [0.2, 0.25) is 5.91 Å². The van der Waals surface area contributed by atoms with Crippen LogP contribution in [0.4, 0.5) is 0 Å². The van der Waals surface area contributed by atoms with E-state index in [0.717, 1.165) is 4.88 Å². The van der Waals surface area contributed by atoms with Crippen molar-refractivity contribution < 1.29 is 9.90 Å². The molecule has 0 aromatic carbocycles. The lowest BCUT2D eigenvalue weighted by Gasteiger charge is -2.11. The van der Waals surface area contributed by atoms with Crippen LogP contribution in [0.3, 0.4) is 0 Å². The number of hydrogen-bond acceptors (Lipinski definition) is 4. The third-order valence-electron chi connectivity index (χ3n) is 1.92. The second-order valence-electron chi connectivity index (χ2n) is 3.64. The summed E-state index contributed by atoms with van der Waals surface area (Å²) in [5.74, 6) is -0.156. The first kappa shape index (κ1) is 16.7. The van der Waals surface area contributed by atoms with Crippen LogP contribution in [0.5, 0.6) is 0 Å². The highest BCUT2D eigenvalue weighted by molar-refractivity contribution is 7.16. The lowest BCUT2D eigenvalue weighted by molar-refractivity contribution is -0.121. The first-order chi connectivity index (χ1) is 7.49. The third kappa shape index (κ3) is 6.24. The second-order valence-corrected chi connectivity index (χ2v) is 5.39. The van der Waals surface area contributed by atoms with Crippen molar-refractivity contribution in [3.05, 3.63) is 21.3 Å². The van der Waals surface area contributed by atoms with Gasteiger partial charge in [0.15, 0.2) is 0 Å². The maximum Gasteiger partial charge on any atom is 0.221 e. The number of aliphatic hydroxyl groups excluding tert-OH is 1. The molecule has 0 spiro atoms. The first-order valence-electron chi connectivity index (χ1n) is 4.94.